The first kappa shape index (κ1) is 13.4. The van der Waals surface area contributed by atoms with Gasteiger partial charge < -0.3 is 14.9 Å². The van der Waals surface area contributed by atoms with Gasteiger partial charge in [0.25, 0.3) is 0 Å². The second-order valence-electron chi connectivity index (χ2n) is 3.65. The summed E-state index contributed by atoms with van der Waals surface area (Å²) in [6.07, 6.45) is 5.68. The average molecular weight is 258 g/mol. The van der Waals surface area contributed by atoms with Crippen LogP contribution in [0.1, 0.15) is 6.23 Å². The summed E-state index contributed by atoms with van der Waals surface area (Å²) in [5.41, 5.74) is 0.822. The standard InChI is InChI=1S/C10H10N4O3.Na.H/c15-3-6-1-2-7(17-6)14-5-13-8-9(14)11-4-12-10(8)16;;/h1-2,4-7,15H,3H2,(H,11,12,16);;/t6-,7+;;/m0../s1. The van der Waals surface area contributed by atoms with Gasteiger partial charge in [-0.25, -0.2) is 9.97 Å². The van der Waals surface area contributed by atoms with Crippen LogP contribution in [0.2, 0.25) is 0 Å². The Morgan fingerprint density at radius 1 is 1.28 bits per heavy atom. The molecule has 1 aliphatic heterocycles. The van der Waals surface area contributed by atoms with E-state index in [1.165, 1.54) is 12.7 Å². The molecule has 0 aromatic carbocycles. The summed E-state index contributed by atoms with van der Waals surface area (Å²) in [6.45, 7) is -0.0696. The van der Waals surface area contributed by atoms with Gasteiger partial charge in [-0.15, -0.1) is 0 Å². The molecule has 18 heavy (non-hydrogen) atoms. The fraction of sp³-hybridized carbons (Fsp3) is 0.300. The van der Waals surface area contributed by atoms with Crippen molar-refractivity contribution >= 4 is 40.7 Å². The number of ether oxygens (including phenoxy) is 1. The van der Waals surface area contributed by atoms with Crippen molar-refractivity contribution in [3.05, 3.63) is 24.8 Å². The summed E-state index contributed by atoms with van der Waals surface area (Å²) < 4.78 is 7.19. The Morgan fingerprint density at radius 3 is 2.83 bits per heavy atom. The number of hydrogen-bond donors (Lipinski definition) is 2. The van der Waals surface area contributed by atoms with Crippen LogP contribution in [0.15, 0.2) is 24.8 Å². The molecule has 0 unspecified atom stereocenters. The number of aliphatic hydroxyl groups is 1. The van der Waals surface area contributed by atoms with Gasteiger partial charge in [-0.05, 0) is 6.08 Å². The predicted molar refractivity (Wildman–Crippen MR) is 64.3 cm³/mol. The van der Waals surface area contributed by atoms with Crippen LogP contribution < -0.4 is 0 Å². The minimum atomic E-state index is -0.369. The molecule has 0 spiro atoms. The molecule has 0 radical (unpaired) electrons. The predicted octanol–water partition coefficient (Wildman–Crippen LogP) is -0.671. The molecule has 2 aromatic heterocycles. The third-order valence-electron chi connectivity index (χ3n) is 2.60. The van der Waals surface area contributed by atoms with Crippen molar-refractivity contribution in [1.82, 2.24) is 19.5 Å². The van der Waals surface area contributed by atoms with E-state index in [1.54, 1.807) is 16.7 Å². The summed E-state index contributed by atoms with van der Waals surface area (Å²) in [5, 5.41) is 18.5. The number of imidazole rings is 1. The number of hydrogen-bond acceptors (Lipinski definition) is 6. The molecule has 3 rings (SSSR count). The van der Waals surface area contributed by atoms with Crippen molar-refractivity contribution in [3.8, 4) is 5.88 Å². The van der Waals surface area contributed by atoms with Gasteiger partial charge in [0.1, 0.15) is 12.4 Å². The Kier molecular flexibility index (Phi) is 3.98. The number of aliphatic hydroxyl groups excluding tert-OH is 1. The van der Waals surface area contributed by atoms with Crippen LogP contribution in [0, 0.1) is 0 Å². The molecule has 90 valence electrons. The maximum atomic E-state index is 9.50. The zero-order chi connectivity index (χ0) is 11.8. The van der Waals surface area contributed by atoms with Gasteiger partial charge in [-0.2, -0.15) is 4.98 Å². The molecule has 0 saturated heterocycles. The normalized spacial score (nSPS) is 22.3. The van der Waals surface area contributed by atoms with Gasteiger partial charge in [-0.1, -0.05) is 6.08 Å². The van der Waals surface area contributed by atoms with Crippen molar-refractivity contribution in [2.75, 3.05) is 6.61 Å². The van der Waals surface area contributed by atoms with E-state index in [1.807, 2.05) is 0 Å². The number of fused-ring (bicyclic) bond motifs is 1. The van der Waals surface area contributed by atoms with E-state index in [9.17, 15) is 5.11 Å². The minimum absolute atomic E-state index is 0. The molecule has 0 fully saturated rings. The van der Waals surface area contributed by atoms with Gasteiger partial charge in [0.15, 0.2) is 17.4 Å². The maximum absolute atomic E-state index is 9.50. The Hall–Kier alpha value is -0.990. The zero-order valence-electron chi connectivity index (χ0n) is 8.76. The van der Waals surface area contributed by atoms with E-state index < -0.39 is 0 Å². The first-order valence-electron chi connectivity index (χ1n) is 5.10. The topological polar surface area (TPSA) is 93.3 Å². The molecule has 1 aliphatic rings. The summed E-state index contributed by atoms with van der Waals surface area (Å²) in [7, 11) is 0. The fourth-order valence-corrected chi connectivity index (χ4v) is 1.78. The monoisotopic (exact) mass is 258 g/mol. The quantitative estimate of drug-likeness (QED) is 0.548. The average Bonchev–Trinajstić information content (AvgIpc) is 2.94. The van der Waals surface area contributed by atoms with Gasteiger partial charge in [-0.3, -0.25) is 4.57 Å². The third-order valence-corrected chi connectivity index (χ3v) is 2.60. The van der Waals surface area contributed by atoms with Crippen molar-refractivity contribution in [2.45, 2.75) is 12.3 Å². The molecular weight excluding hydrogens is 247 g/mol. The van der Waals surface area contributed by atoms with Gasteiger partial charge in [0, 0.05) is 0 Å². The zero-order valence-corrected chi connectivity index (χ0v) is 8.76. The van der Waals surface area contributed by atoms with E-state index in [0.717, 1.165) is 0 Å². The van der Waals surface area contributed by atoms with Crippen LogP contribution in [-0.2, 0) is 4.74 Å². The molecule has 0 saturated carbocycles. The summed E-state index contributed by atoms with van der Waals surface area (Å²) in [4.78, 5) is 11.7. The Labute approximate surface area is 124 Å². The molecule has 0 bridgehead atoms. The molecule has 2 aromatic rings. The molecule has 2 atom stereocenters. The Balaban J connectivity index is 0.00000120. The van der Waals surface area contributed by atoms with Gasteiger partial charge >= 0.3 is 29.6 Å². The van der Waals surface area contributed by atoms with Crippen LogP contribution in [0.5, 0.6) is 5.88 Å². The van der Waals surface area contributed by atoms with Gasteiger partial charge in [0.05, 0.1) is 12.9 Å². The number of aromatic hydroxyl groups is 1. The molecule has 8 heteroatoms. The molecule has 7 nitrogen and oxygen atoms in total. The number of rotatable bonds is 2. The van der Waals surface area contributed by atoms with Crippen LogP contribution in [0.3, 0.4) is 0 Å². The van der Waals surface area contributed by atoms with Crippen molar-refractivity contribution in [3.63, 3.8) is 0 Å². The van der Waals surface area contributed by atoms with Gasteiger partial charge in [0.2, 0.25) is 5.88 Å². The molecule has 0 amide bonds. The van der Waals surface area contributed by atoms with E-state index in [0.29, 0.717) is 11.2 Å². The molecule has 0 aliphatic carbocycles. The second-order valence-corrected chi connectivity index (χ2v) is 3.65. The van der Waals surface area contributed by atoms with Crippen molar-refractivity contribution < 1.29 is 14.9 Å². The summed E-state index contributed by atoms with van der Waals surface area (Å²) in [6, 6.07) is 0. The first-order chi connectivity index (χ1) is 8.29. The molecular formula is C10H11N4NaO3. The molecule has 2 N–H and O–H groups in total. The number of aromatic nitrogens is 4. The van der Waals surface area contributed by atoms with E-state index in [-0.39, 0.29) is 54.4 Å². The van der Waals surface area contributed by atoms with Crippen molar-refractivity contribution in [1.29, 1.82) is 0 Å². The second kappa shape index (κ2) is 5.33. The Bertz CT molecular complexity index is 586. The van der Waals surface area contributed by atoms with Crippen LogP contribution in [-0.4, -0.2) is 72.0 Å². The van der Waals surface area contributed by atoms with E-state index >= 15 is 0 Å². The summed E-state index contributed by atoms with van der Waals surface area (Å²) >= 11 is 0. The van der Waals surface area contributed by atoms with Crippen LogP contribution in [0.4, 0.5) is 0 Å². The fourth-order valence-electron chi connectivity index (χ4n) is 1.78. The molecule has 3 heterocycles. The third kappa shape index (κ3) is 2.15. The van der Waals surface area contributed by atoms with Crippen LogP contribution in [0.25, 0.3) is 11.2 Å². The van der Waals surface area contributed by atoms with Crippen LogP contribution >= 0.6 is 0 Å². The number of nitrogens with zero attached hydrogens (tertiary/aromatic N) is 4. The van der Waals surface area contributed by atoms with E-state index in [4.69, 9.17) is 9.84 Å². The Morgan fingerprint density at radius 2 is 2.11 bits per heavy atom. The van der Waals surface area contributed by atoms with Crippen molar-refractivity contribution in [2.24, 2.45) is 0 Å². The SMILES string of the molecule is OC[C@@H]1C=C[C@H](n2cnc3c(O)ncnc32)O1.[NaH]. The summed E-state index contributed by atoms with van der Waals surface area (Å²) in [5.74, 6) is -0.158. The first-order valence-corrected chi connectivity index (χ1v) is 5.10. The van der Waals surface area contributed by atoms with E-state index in [2.05, 4.69) is 15.0 Å².